The van der Waals surface area contributed by atoms with Crippen molar-refractivity contribution in [1.29, 1.82) is 0 Å². The van der Waals surface area contributed by atoms with Gasteiger partial charge in [0.2, 0.25) is 11.0 Å². The maximum atomic E-state index is 12.5. The molecule has 0 radical (unpaired) electrons. The van der Waals surface area contributed by atoms with Gasteiger partial charge in [-0.15, -0.1) is 10.2 Å². The fourth-order valence-electron chi connectivity index (χ4n) is 2.76. The molecule has 0 bridgehead atoms. The van der Waals surface area contributed by atoms with Crippen molar-refractivity contribution in [3.8, 4) is 11.5 Å². The number of nitrogens with zero attached hydrogens (tertiary/aromatic N) is 2. The molecule has 1 heterocycles. The van der Waals surface area contributed by atoms with Crippen LogP contribution in [0.3, 0.4) is 0 Å². The molecule has 1 aromatic heterocycles. The molecule has 0 saturated carbocycles. The van der Waals surface area contributed by atoms with Crippen LogP contribution in [0.1, 0.15) is 27.6 Å². The van der Waals surface area contributed by atoms with Gasteiger partial charge in [-0.3, -0.25) is 14.9 Å². The fourth-order valence-corrected chi connectivity index (χ4v) is 4.30. The monoisotopic (exact) mass is 502 g/mol. The lowest BCUT2D eigenvalue weighted by Gasteiger charge is -2.09. The van der Waals surface area contributed by atoms with E-state index in [2.05, 4.69) is 20.8 Å². The molecule has 0 saturated heterocycles. The summed E-state index contributed by atoms with van der Waals surface area (Å²) in [5.41, 5.74) is 1.01. The van der Waals surface area contributed by atoms with Crippen molar-refractivity contribution in [2.75, 3.05) is 37.2 Å². The average Bonchev–Trinajstić information content (AvgIpc) is 3.30. The summed E-state index contributed by atoms with van der Waals surface area (Å²) in [6, 6.07) is 11.4. The Hall–Kier alpha value is -3.64. The van der Waals surface area contributed by atoms with Crippen LogP contribution in [0.5, 0.6) is 11.5 Å². The van der Waals surface area contributed by atoms with Crippen LogP contribution in [-0.4, -0.2) is 54.6 Å². The summed E-state index contributed by atoms with van der Waals surface area (Å²) >= 11 is 2.29. The van der Waals surface area contributed by atoms with Crippen LogP contribution in [-0.2, 0) is 9.53 Å². The van der Waals surface area contributed by atoms with Crippen molar-refractivity contribution >= 4 is 51.7 Å². The van der Waals surface area contributed by atoms with Crippen LogP contribution >= 0.6 is 23.1 Å². The molecule has 0 aliphatic rings. The zero-order valence-corrected chi connectivity index (χ0v) is 20.2. The zero-order valence-electron chi connectivity index (χ0n) is 18.6. The summed E-state index contributed by atoms with van der Waals surface area (Å²) in [5, 5.41) is 13.6. The van der Waals surface area contributed by atoms with Gasteiger partial charge in [-0.1, -0.05) is 35.2 Å². The first-order valence-electron chi connectivity index (χ1n) is 10.0. The highest BCUT2D eigenvalue weighted by molar-refractivity contribution is 8.01. The van der Waals surface area contributed by atoms with Crippen molar-refractivity contribution < 1.29 is 28.6 Å². The van der Waals surface area contributed by atoms with Gasteiger partial charge < -0.3 is 19.5 Å². The van der Waals surface area contributed by atoms with Crippen LogP contribution in [0.2, 0.25) is 0 Å². The van der Waals surface area contributed by atoms with Crippen molar-refractivity contribution in [2.24, 2.45) is 0 Å². The second-order valence-electron chi connectivity index (χ2n) is 6.50. The Morgan fingerprint density at radius 3 is 2.50 bits per heavy atom. The summed E-state index contributed by atoms with van der Waals surface area (Å²) < 4.78 is 15.9. The number of nitrogens with one attached hydrogen (secondary N) is 2. The van der Waals surface area contributed by atoms with Gasteiger partial charge in [0.15, 0.2) is 15.8 Å². The second-order valence-corrected chi connectivity index (χ2v) is 8.70. The fraction of sp³-hybridized carbons (Fsp3) is 0.227. The quantitative estimate of drug-likeness (QED) is 0.242. The molecule has 0 aliphatic heterocycles. The van der Waals surface area contributed by atoms with Gasteiger partial charge in [0.1, 0.15) is 0 Å². The summed E-state index contributed by atoms with van der Waals surface area (Å²) in [6.07, 6.45) is 0. The minimum Gasteiger partial charge on any atom is -0.493 e. The summed E-state index contributed by atoms with van der Waals surface area (Å²) in [6.45, 7) is 1.95. The number of anilines is 2. The molecule has 0 aliphatic carbocycles. The molecule has 10 nitrogen and oxygen atoms in total. The number of para-hydroxylation sites is 1. The third kappa shape index (κ3) is 6.45. The first-order valence-corrected chi connectivity index (χ1v) is 11.8. The van der Waals surface area contributed by atoms with Gasteiger partial charge in [0, 0.05) is 5.56 Å². The molecule has 3 aromatic rings. The predicted octanol–water partition coefficient (Wildman–Crippen LogP) is 3.72. The van der Waals surface area contributed by atoms with Crippen molar-refractivity contribution in [3.05, 3.63) is 53.6 Å². The van der Waals surface area contributed by atoms with Crippen LogP contribution < -0.4 is 20.1 Å². The molecular formula is C22H22N4O6S2. The van der Waals surface area contributed by atoms with Crippen LogP contribution in [0.15, 0.2) is 46.8 Å². The Labute approximate surface area is 204 Å². The summed E-state index contributed by atoms with van der Waals surface area (Å²) in [4.78, 5) is 36.9. The van der Waals surface area contributed by atoms with E-state index in [0.29, 0.717) is 27.1 Å². The molecule has 2 N–H and O–H groups in total. The Kier molecular flexibility index (Phi) is 8.82. The molecule has 0 atom stereocenters. The number of carbonyl (C=O) groups is 3. The highest BCUT2D eigenvalue weighted by Gasteiger charge is 2.16. The van der Waals surface area contributed by atoms with Gasteiger partial charge in [0.25, 0.3) is 5.91 Å². The van der Waals surface area contributed by atoms with E-state index >= 15 is 0 Å². The molecule has 178 valence electrons. The number of ether oxygens (including phenoxy) is 3. The van der Waals surface area contributed by atoms with Crippen LogP contribution in [0, 0.1) is 0 Å². The minimum atomic E-state index is -0.509. The van der Waals surface area contributed by atoms with Gasteiger partial charge in [-0.05, 0) is 37.3 Å². The van der Waals surface area contributed by atoms with E-state index in [1.165, 1.54) is 14.2 Å². The summed E-state index contributed by atoms with van der Waals surface area (Å²) in [5.74, 6) is -0.244. The second kappa shape index (κ2) is 12.0. The Balaban J connectivity index is 1.56. The largest absolute Gasteiger partial charge is 0.493 e. The van der Waals surface area contributed by atoms with E-state index in [-0.39, 0.29) is 34.9 Å². The van der Waals surface area contributed by atoms with Crippen LogP contribution in [0.25, 0.3) is 0 Å². The lowest BCUT2D eigenvalue weighted by atomic mass is 10.2. The van der Waals surface area contributed by atoms with E-state index < -0.39 is 5.97 Å². The highest BCUT2D eigenvalue weighted by Crippen LogP contribution is 2.29. The number of thioether (sulfide) groups is 1. The van der Waals surface area contributed by atoms with E-state index in [9.17, 15) is 14.4 Å². The molecule has 3 rings (SSSR count). The van der Waals surface area contributed by atoms with E-state index in [1.807, 2.05) is 0 Å². The maximum Gasteiger partial charge on any atom is 0.340 e. The average molecular weight is 503 g/mol. The summed E-state index contributed by atoms with van der Waals surface area (Å²) in [7, 11) is 3.00. The number of aromatic nitrogens is 2. The number of rotatable bonds is 10. The molecule has 0 fully saturated rings. The minimum absolute atomic E-state index is 0.0371. The maximum absolute atomic E-state index is 12.5. The first kappa shape index (κ1) is 25.0. The van der Waals surface area contributed by atoms with Crippen LogP contribution in [0.4, 0.5) is 10.8 Å². The number of methoxy groups -OCH3 is 2. The Morgan fingerprint density at radius 2 is 1.76 bits per heavy atom. The molecular weight excluding hydrogens is 480 g/mol. The number of esters is 1. The van der Waals surface area contributed by atoms with Gasteiger partial charge >= 0.3 is 5.97 Å². The molecule has 12 heteroatoms. The highest BCUT2D eigenvalue weighted by atomic mass is 32.2. The molecule has 2 aromatic carbocycles. The Morgan fingerprint density at radius 1 is 1.00 bits per heavy atom. The molecule has 0 spiro atoms. The van der Waals surface area contributed by atoms with Crippen molar-refractivity contribution in [1.82, 2.24) is 10.2 Å². The number of amides is 2. The van der Waals surface area contributed by atoms with Gasteiger partial charge in [-0.25, -0.2) is 4.79 Å². The normalized spacial score (nSPS) is 10.3. The topological polar surface area (TPSA) is 129 Å². The number of hydrogen-bond acceptors (Lipinski definition) is 10. The third-order valence-corrected chi connectivity index (χ3v) is 6.27. The SMILES string of the molecule is CCOC(=O)c1ccccc1NC(=O)CSc1nnc(NC(=O)c2ccc(OC)c(OC)c2)s1. The van der Waals surface area contributed by atoms with Crippen molar-refractivity contribution in [2.45, 2.75) is 11.3 Å². The lowest BCUT2D eigenvalue weighted by Crippen LogP contribution is -2.17. The zero-order chi connectivity index (χ0) is 24.5. The molecule has 2 amide bonds. The smallest absolute Gasteiger partial charge is 0.340 e. The first-order chi connectivity index (χ1) is 16.4. The number of carbonyl (C=O) groups excluding carboxylic acids is 3. The predicted molar refractivity (Wildman–Crippen MR) is 129 cm³/mol. The Bertz CT molecular complexity index is 1180. The molecule has 34 heavy (non-hydrogen) atoms. The van der Waals surface area contributed by atoms with E-state index in [1.54, 1.807) is 49.4 Å². The number of benzene rings is 2. The third-order valence-electron chi connectivity index (χ3n) is 4.30. The van der Waals surface area contributed by atoms with E-state index in [4.69, 9.17) is 14.2 Å². The van der Waals surface area contributed by atoms with Gasteiger partial charge in [0.05, 0.1) is 37.8 Å². The lowest BCUT2D eigenvalue weighted by molar-refractivity contribution is -0.113. The van der Waals surface area contributed by atoms with Crippen molar-refractivity contribution in [3.63, 3.8) is 0 Å². The molecule has 0 unspecified atom stereocenters. The van der Waals surface area contributed by atoms with Gasteiger partial charge in [-0.2, -0.15) is 0 Å². The van der Waals surface area contributed by atoms with E-state index in [0.717, 1.165) is 23.1 Å². The standard InChI is InChI=1S/C22H22N4O6S2/c1-4-32-20(29)14-7-5-6-8-15(14)23-18(27)12-33-22-26-25-21(34-22)24-19(28)13-9-10-16(30-2)17(11-13)31-3/h5-11H,4,12H2,1-3H3,(H,23,27)(H,24,25,28). The number of hydrogen-bond donors (Lipinski definition) is 2.